The molecule has 1 saturated carbocycles. The summed E-state index contributed by atoms with van der Waals surface area (Å²) in [5.41, 5.74) is 0.641. The zero-order valence-electron chi connectivity index (χ0n) is 12.3. The van der Waals surface area contributed by atoms with Gasteiger partial charge in [0.25, 0.3) is 0 Å². The normalized spacial score (nSPS) is 22.4. The van der Waals surface area contributed by atoms with Gasteiger partial charge in [0, 0.05) is 11.6 Å². The largest absolute Gasteiger partial charge is 0.326 e. The van der Waals surface area contributed by atoms with Gasteiger partial charge in [-0.05, 0) is 57.4 Å². The lowest BCUT2D eigenvalue weighted by Gasteiger charge is -2.19. The van der Waals surface area contributed by atoms with Crippen molar-refractivity contribution < 1.29 is 13.2 Å². The molecule has 1 aliphatic rings. The highest BCUT2D eigenvalue weighted by Gasteiger charge is 2.39. The molecular weight excluding hydrogens is 274 g/mol. The molecule has 0 aliphatic heterocycles. The number of rotatable bonds is 3. The van der Waals surface area contributed by atoms with E-state index in [0.717, 1.165) is 6.42 Å². The van der Waals surface area contributed by atoms with Gasteiger partial charge in [0.1, 0.15) is 0 Å². The smallest absolute Gasteiger partial charge is 0.227 e. The minimum absolute atomic E-state index is 0.0175. The molecule has 0 heterocycles. The Hall–Kier alpha value is -1.36. The monoisotopic (exact) mass is 295 g/mol. The van der Waals surface area contributed by atoms with Crippen molar-refractivity contribution in [2.24, 2.45) is 11.8 Å². The Morgan fingerprint density at radius 2 is 1.70 bits per heavy atom. The third-order valence-electron chi connectivity index (χ3n) is 3.68. The quantitative estimate of drug-likeness (QED) is 0.932. The summed E-state index contributed by atoms with van der Waals surface area (Å²) in [7, 11) is -3.35. The number of hydrogen-bond donors (Lipinski definition) is 1. The van der Waals surface area contributed by atoms with E-state index in [1.165, 1.54) is 0 Å². The summed E-state index contributed by atoms with van der Waals surface area (Å²) in [4.78, 5) is 12.1. The van der Waals surface area contributed by atoms with E-state index in [9.17, 15) is 13.2 Å². The van der Waals surface area contributed by atoms with Gasteiger partial charge in [-0.3, -0.25) is 4.79 Å². The number of nitrogens with one attached hydrogen (secondary N) is 1. The maximum atomic E-state index is 12.3. The molecule has 2 atom stereocenters. The molecule has 1 aromatic carbocycles. The van der Waals surface area contributed by atoms with Crippen LogP contribution in [0, 0.1) is 11.8 Å². The first kappa shape index (κ1) is 15.0. The highest BCUT2D eigenvalue weighted by Crippen LogP contribution is 2.38. The van der Waals surface area contributed by atoms with Gasteiger partial charge in [-0.2, -0.15) is 0 Å². The van der Waals surface area contributed by atoms with Gasteiger partial charge in [0.2, 0.25) is 5.91 Å². The predicted molar refractivity (Wildman–Crippen MR) is 79.3 cm³/mol. The minimum Gasteiger partial charge on any atom is -0.326 e. The van der Waals surface area contributed by atoms with Gasteiger partial charge in [0.15, 0.2) is 9.84 Å². The number of anilines is 1. The summed E-state index contributed by atoms with van der Waals surface area (Å²) >= 11 is 0. The highest BCUT2D eigenvalue weighted by atomic mass is 32.2. The second-order valence-corrected chi connectivity index (χ2v) is 9.15. The van der Waals surface area contributed by atoms with Crippen LogP contribution in [-0.4, -0.2) is 19.1 Å². The number of benzene rings is 1. The van der Waals surface area contributed by atoms with Crippen LogP contribution in [0.5, 0.6) is 0 Å². The van der Waals surface area contributed by atoms with Crippen LogP contribution in [0.2, 0.25) is 0 Å². The average molecular weight is 295 g/mol. The van der Waals surface area contributed by atoms with Crippen LogP contribution in [-0.2, 0) is 14.6 Å². The molecule has 1 N–H and O–H groups in total. The molecule has 0 radical (unpaired) electrons. The van der Waals surface area contributed by atoms with E-state index < -0.39 is 14.6 Å². The van der Waals surface area contributed by atoms with E-state index in [1.54, 1.807) is 45.0 Å². The fourth-order valence-electron chi connectivity index (χ4n) is 1.99. The molecular formula is C15H21NO3S. The Bertz CT molecular complexity index is 612. The molecule has 110 valence electrons. The Balaban J connectivity index is 2.13. The summed E-state index contributed by atoms with van der Waals surface area (Å²) in [5, 5.41) is 2.82. The summed E-state index contributed by atoms with van der Waals surface area (Å²) in [6.07, 6.45) is 0.933. The van der Waals surface area contributed by atoms with Crippen molar-refractivity contribution in [3.8, 4) is 0 Å². The SMILES string of the molecule is C[C@@H]1C[C@H]1C(=O)Nc1ccc(S(=O)(=O)C(C)(C)C)cc1. The van der Waals surface area contributed by atoms with Crippen molar-refractivity contribution in [3.05, 3.63) is 24.3 Å². The average Bonchev–Trinajstić information content (AvgIpc) is 3.06. The van der Waals surface area contributed by atoms with Crippen molar-refractivity contribution in [2.45, 2.75) is 43.8 Å². The van der Waals surface area contributed by atoms with Crippen LogP contribution in [0.3, 0.4) is 0 Å². The molecule has 1 amide bonds. The van der Waals surface area contributed by atoms with Gasteiger partial charge in [0.05, 0.1) is 9.64 Å². The molecule has 0 spiro atoms. The third-order valence-corrected chi connectivity index (χ3v) is 6.19. The van der Waals surface area contributed by atoms with E-state index in [0.29, 0.717) is 11.6 Å². The zero-order chi connectivity index (χ0) is 15.1. The van der Waals surface area contributed by atoms with Crippen molar-refractivity contribution >= 4 is 21.4 Å². The van der Waals surface area contributed by atoms with Gasteiger partial charge in [-0.15, -0.1) is 0 Å². The molecule has 5 heteroatoms. The fraction of sp³-hybridized carbons (Fsp3) is 0.533. The lowest BCUT2D eigenvalue weighted by Crippen LogP contribution is -2.27. The highest BCUT2D eigenvalue weighted by molar-refractivity contribution is 7.92. The fourth-order valence-corrected chi connectivity index (χ4v) is 3.19. The maximum Gasteiger partial charge on any atom is 0.227 e. The second kappa shape index (κ2) is 4.88. The number of carbonyl (C=O) groups is 1. The van der Waals surface area contributed by atoms with Crippen LogP contribution < -0.4 is 5.32 Å². The second-order valence-electron chi connectivity index (χ2n) is 6.45. The lowest BCUT2D eigenvalue weighted by molar-refractivity contribution is -0.117. The van der Waals surface area contributed by atoms with Crippen LogP contribution in [0.1, 0.15) is 34.1 Å². The number of carbonyl (C=O) groups excluding carboxylic acids is 1. The zero-order valence-corrected chi connectivity index (χ0v) is 13.1. The lowest BCUT2D eigenvalue weighted by atomic mass is 10.2. The molecule has 1 aliphatic carbocycles. The summed E-state index contributed by atoms with van der Waals surface area (Å²) in [6.45, 7) is 7.06. The van der Waals surface area contributed by atoms with Crippen LogP contribution in [0.25, 0.3) is 0 Å². The summed E-state index contributed by atoms with van der Waals surface area (Å²) in [6, 6.07) is 6.38. The van der Waals surface area contributed by atoms with E-state index in [2.05, 4.69) is 5.32 Å². The molecule has 1 fully saturated rings. The molecule has 0 aromatic heterocycles. The molecule has 0 bridgehead atoms. The van der Waals surface area contributed by atoms with E-state index >= 15 is 0 Å². The van der Waals surface area contributed by atoms with E-state index in [1.807, 2.05) is 6.92 Å². The van der Waals surface area contributed by atoms with Gasteiger partial charge >= 0.3 is 0 Å². The van der Waals surface area contributed by atoms with Crippen LogP contribution in [0.4, 0.5) is 5.69 Å². The number of amides is 1. The Morgan fingerprint density at radius 3 is 2.10 bits per heavy atom. The van der Waals surface area contributed by atoms with Gasteiger partial charge in [-0.1, -0.05) is 6.92 Å². The van der Waals surface area contributed by atoms with Crippen LogP contribution >= 0.6 is 0 Å². The van der Waals surface area contributed by atoms with E-state index in [-0.39, 0.29) is 16.7 Å². The Kier molecular flexibility index (Phi) is 3.67. The Labute approximate surface area is 120 Å². The Morgan fingerprint density at radius 1 is 1.20 bits per heavy atom. The van der Waals surface area contributed by atoms with E-state index in [4.69, 9.17) is 0 Å². The van der Waals surface area contributed by atoms with Crippen molar-refractivity contribution in [1.29, 1.82) is 0 Å². The molecule has 0 saturated heterocycles. The standard InChI is InChI=1S/C15H21NO3S/c1-10-9-13(10)14(17)16-11-5-7-12(8-6-11)20(18,19)15(2,3)4/h5-8,10,13H,9H2,1-4H3,(H,16,17)/t10-,13-/m1/s1. The topological polar surface area (TPSA) is 63.2 Å². The molecule has 2 rings (SSSR count). The molecule has 0 unspecified atom stereocenters. The first-order chi connectivity index (χ1) is 9.13. The third kappa shape index (κ3) is 2.87. The van der Waals surface area contributed by atoms with Crippen molar-refractivity contribution in [1.82, 2.24) is 0 Å². The number of sulfone groups is 1. The van der Waals surface area contributed by atoms with Crippen molar-refractivity contribution in [3.63, 3.8) is 0 Å². The first-order valence-electron chi connectivity index (χ1n) is 6.78. The first-order valence-corrected chi connectivity index (χ1v) is 8.27. The predicted octanol–water partition coefficient (Wildman–Crippen LogP) is 2.85. The summed E-state index contributed by atoms with van der Waals surface area (Å²) in [5.74, 6) is 0.576. The number of hydrogen-bond acceptors (Lipinski definition) is 3. The maximum absolute atomic E-state index is 12.3. The van der Waals surface area contributed by atoms with Crippen LogP contribution in [0.15, 0.2) is 29.2 Å². The molecule has 4 nitrogen and oxygen atoms in total. The molecule has 1 aromatic rings. The minimum atomic E-state index is -3.35. The van der Waals surface area contributed by atoms with Gasteiger partial charge in [-0.25, -0.2) is 8.42 Å². The molecule has 20 heavy (non-hydrogen) atoms. The van der Waals surface area contributed by atoms with Gasteiger partial charge < -0.3 is 5.32 Å². The summed E-state index contributed by atoms with van der Waals surface area (Å²) < 4.78 is 23.7. The van der Waals surface area contributed by atoms with Crippen molar-refractivity contribution in [2.75, 3.05) is 5.32 Å².